The molecule has 2 heterocycles. The van der Waals surface area contributed by atoms with E-state index >= 15 is 0 Å². The molecule has 29 heavy (non-hydrogen) atoms. The summed E-state index contributed by atoms with van der Waals surface area (Å²) in [5.74, 6) is 0.159. The number of likely N-dealkylation sites (tertiary alicyclic amines) is 1. The number of rotatable bonds is 6. The van der Waals surface area contributed by atoms with Crippen LogP contribution in [-0.2, 0) is 14.3 Å². The lowest BCUT2D eigenvalue weighted by Crippen LogP contribution is -2.31. The van der Waals surface area contributed by atoms with Gasteiger partial charge in [-0.25, -0.2) is 4.98 Å². The minimum atomic E-state index is -0.341. The number of aromatic nitrogens is 1. The van der Waals surface area contributed by atoms with Crippen molar-refractivity contribution >= 4 is 23.0 Å². The Kier molecular flexibility index (Phi) is 5.60. The van der Waals surface area contributed by atoms with Gasteiger partial charge in [-0.05, 0) is 43.0 Å². The number of ether oxygens (including phenoxy) is 1. The van der Waals surface area contributed by atoms with E-state index in [4.69, 9.17) is 9.15 Å². The van der Waals surface area contributed by atoms with Crippen molar-refractivity contribution in [2.75, 3.05) is 13.2 Å². The molecule has 1 fully saturated rings. The zero-order valence-corrected chi connectivity index (χ0v) is 16.5. The SMILES string of the molecule is CCOC(=O)CCC(=O)N1CCC[C@H]1c1nc2cc(-c3ccccc3)ccc2o1. The van der Waals surface area contributed by atoms with E-state index in [1.165, 1.54) is 0 Å². The Morgan fingerprint density at radius 2 is 1.97 bits per heavy atom. The normalized spacial score (nSPS) is 16.3. The van der Waals surface area contributed by atoms with E-state index in [2.05, 4.69) is 17.1 Å². The molecule has 1 aromatic heterocycles. The summed E-state index contributed by atoms with van der Waals surface area (Å²) < 4.78 is 10.9. The van der Waals surface area contributed by atoms with Gasteiger partial charge in [-0.15, -0.1) is 0 Å². The second-order valence-electron chi connectivity index (χ2n) is 7.15. The van der Waals surface area contributed by atoms with Gasteiger partial charge in [0.05, 0.1) is 13.0 Å². The van der Waals surface area contributed by atoms with Gasteiger partial charge < -0.3 is 14.1 Å². The lowest BCUT2D eigenvalue weighted by molar-refractivity contribution is -0.146. The van der Waals surface area contributed by atoms with Crippen molar-refractivity contribution in [3.8, 4) is 11.1 Å². The molecule has 6 nitrogen and oxygen atoms in total. The van der Waals surface area contributed by atoms with Crippen molar-refractivity contribution in [1.29, 1.82) is 0 Å². The predicted molar refractivity (Wildman–Crippen MR) is 109 cm³/mol. The lowest BCUT2D eigenvalue weighted by Gasteiger charge is -2.22. The number of esters is 1. The van der Waals surface area contributed by atoms with E-state index in [1.54, 1.807) is 11.8 Å². The summed E-state index contributed by atoms with van der Waals surface area (Å²) in [6.07, 6.45) is 1.95. The largest absolute Gasteiger partial charge is 0.466 e. The summed E-state index contributed by atoms with van der Waals surface area (Å²) in [4.78, 5) is 30.7. The summed E-state index contributed by atoms with van der Waals surface area (Å²) in [5, 5.41) is 0. The van der Waals surface area contributed by atoms with E-state index < -0.39 is 0 Å². The van der Waals surface area contributed by atoms with Crippen molar-refractivity contribution in [3.05, 3.63) is 54.4 Å². The van der Waals surface area contributed by atoms with E-state index in [1.807, 2.05) is 36.4 Å². The molecule has 1 aliphatic rings. The standard InChI is InChI=1S/C23H24N2O4/c1-2-28-22(27)13-12-21(26)25-14-6-9-19(25)23-24-18-15-17(10-11-20(18)29-23)16-7-4-3-5-8-16/h3-5,7-8,10-11,15,19H,2,6,9,12-14H2,1H3/t19-/m0/s1. The minimum Gasteiger partial charge on any atom is -0.466 e. The van der Waals surface area contributed by atoms with Gasteiger partial charge in [-0.1, -0.05) is 36.4 Å². The fourth-order valence-corrected chi connectivity index (χ4v) is 3.81. The Balaban J connectivity index is 1.52. The highest BCUT2D eigenvalue weighted by Gasteiger charge is 2.33. The average Bonchev–Trinajstić information content (AvgIpc) is 3.39. The fourth-order valence-electron chi connectivity index (χ4n) is 3.81. The maximum Gasteiger partial charge on any atom is 0.306 e. The smallest absolute Gasteiger partial charge is 0.306 e. The third-order valence-corrected chi connectivity index (χ3v) is 5.22. The van der Waals surface area contributed by atoms with Crippen molar-refractivity contribution in [2.24, 2.45) is 0 Å². The highest BCUT2D eigenvalue weighted by atomic mass is 16.5. The summed E-state index contributed by atoms with van der Waals surface area (Å²) in [6, 6.07) is 15.9. The molecule has 2 aromatic carbocycles. The van der Waals surface area contributed by atoms with Crippen molar-refractivity contribution < 1.29 is 18.7 Å². The first-order chi connectivity index (χ1) is 14.2. The van der Waals surface area contributed by atoms with Crippen molar-refractivity contribution in [1.82, 2.24) is 9.88 Å². The molecule has 4 rings (SSSR count). The van der Waals surface area contributed by atoms with Crippen LogP contribution in [0.5, 0.6) is 0 Å². The van der Waals surface area contributed by atoms with Crippen molar-refractivity contribution in [3.63, 3.8) is 0 Å². The van der Waals surface area contributed by atoms with Gasteiger partial charge in [-0.3, -0.25) is 9.59 Å². The fraction of sp³-hybridized carbons (Fsp3) is 0.348. The Morgan fingerprint density at radius 3 is 2.76 bits per heavy atom. The van der Waals surface area contributed by atoms with Crippen LogP contribution in [0.4, 0.5) is 0 Å². The number of hydrogen-bond acceptors (Lipinski definition) is 5. The molecular weight excluding hydrogens is 368 g/mol. The van der Waals surface area contributed by atoms with Gasteiger partial charge in [0.2, 0.25) is 11.8 Å². The van der Waals surface area contributed by atoms with E-state index in [0.29, 0.717) is 24.6 Å². The zero-order chi connectivity index (χ0) is 20.2. The molecule has 1 atom stereocenters. The monoisotopic (exact) mass is 392 g/mol. The number of benzene rings is 2. The molecule has 150 valence electrons. The second-order valence-corrected chi connectivity index (χ2v) is 7.15. The number of nitrogens with zero attached hydrogens (tertiary/aromatic N) is 2. The zero-order valence-electron chi connectivity index (χ0n) is 16.5. The van der Waals surface area contributed by atoms with Crippen LogP contribution in [0.1, 0.15) is 44.5 Å². The van der Waals surface area contributed by atoms with Crippen LogP contribution in [0.25, 0.3) is 22.2 Å². The van der Waals surface area contributed by atoms with Gasteiger partial charge in [0.1, 0.15) is 11.6 Å². The van der Waals surface area contributed by atoms with E-state index in [9.17, 15) is 9.59 Å². The molecule has 3 aromatic rings. The van der Waals surface area contributed by atoms with Crippen LogP contribution in [0.3, 0.4) is 0 Å². The number of hydrogen-bond donors (Lipinski definition) is 0. The van der Waals surface area contributed by atoms with Gasteiger partial charge in [0.15, 0.2) is 5.58 Å². The van der Waals surface area contributed by atoms with Crippen LogP contribution in [0.2, 0.25) is 0 Å². The number of carbonyl (C=O) groups is 2. The van der Waals surface area contributed by atoms with Crippen molar-refractivity contribution in [2.45, 2.75) is 38.6 Å². The third-order valence-electron chi connectivity index (χ3n) is 5.22. The first kappa shape index (κ1) is 19.2. The summed E-state index contributed by atoms with van der Waals surface area (Å²) in [6.45, 7) is 2.74. The Hall–Kier alpha value is -3.15. The predicted octanol–water partition coefficient (Wildman–Crippen LogP) is 4.50. The van der Waals surface area contributed by atoms with Gasteiger partial charge >= 0.3 is 5.97 Å². The first-order valence-electron chi connectivity index (χ1n) is 10.1. The van der Waals surface area contributed by atoms with E-state index in [0.717, 1.165) is 29.5 Å². The number of amides is 1. The quantitative estimate of drug-likeness (QED) is 0.578. The molecule has 6 heteroatoms. The second kappa shape index (κ2) is 8.47. The molecule has 0 spiro atoms. The van der Waals surface area contributed by atoms with Gasteiger partial charge in [0, 0.05) is 13.0 Å². The highest BCUT2D eigenvalue weighted by Crippen LogP contribution is 2.34. The highest BCUT2D eigenvalue weighted by molar-refractivity contribution is 5.82. The maximum atomic E-state index is 12.6. The molecule has 0 bridgehead atoms. The van der Waals surface area contributed by atoms with Gasteiger partial charge in [-0.2, -0.15) is 0 Å². The third kappa shape index (κ3) is 4.16. The lowest BCUT2D eigenvalue weighted by atomic mass is 10.1. The Labute approximate surface area is 169 Å². The molecule has 1 aliphatic heterocycles. The molecule has 0 unspecified atom stereocenters. The maximum absolute atomic E-state index is 12.6. The summed E-state index contributed by atoms with van der Waals surface area (Å²) in [5.41, 5.74) is 3.69. The molecule has 0 radical (unpaired) electrons. The number of fused-ring (bicyclic) bond motifs is 1. The summed E-state index contributed by atoms with van der Waals surface area (Å²) in [7, 11) is 0. The molecule has 1 saturated heterocycles. The first-order valence-corrected chi connectivity index (χ1v) is 10.1. The molecule has 1 amide bonds. The molecule has 0 N–H and O–H groups in total. The van der Waals surface area contributed by atoms with Crippen LogP contribution >= 0.6 is 0 Å². The average molecular weight is 392 g/mol. The minimum absolute atomic E-state index is 0.0622. The van der Waals surface area contributed by atoms with Crippen LogP contribution in [0.15, 0.2) is 52.9 Å². The Bertz CT molecular complexity index is 1010. The topological polar surface area (TPSA) is 72.6 Å². The van der Waals surface area contributed by atoms with Gasteiger partial charge in [0.25, 0.3) is 0 Å². The molecule has 0 saturated carbocycles. The Morgan fingerprint density at radius 1 is 1.14 bits per heavy atom. The van der Waals surface area contributed by atoms with Crippen LogP contribution in [-0.4, -0.2) is 34.9 Å². The van der Waals surface area contributed by atoms with E-state index in [-0.39, 0.29) is 30.8 Å². The van der Waals surface area contributed by atoms with Crippen LogP contribution < -0.4 is 0 Å². The molecule has 0 aliphatic carbocycles. The summed E-state index contributed by atoms with van der Waals surface area (Å²) >= 11 is 0. The number of carbonyl (C=O) groups excluding carboxylic acids is 2. The molecular formula is C23H24N2O4. The van der Waals surface area contributed by atoms with Crippen LogP contribution in [0, 0.1) is 0 Å². The number of oxazole rings is 1.